The molecule has 2 N–H and O–H groups in total. The lowest BCUT2D eigenvalue weighted by molar-refractivity contribution is 0.250. The van der Waals surface area contributed by atoms with Crippen LogP contribution in [0.1, 0.15) is 5.56 Å². The number of anilines is 1. The SMILES string of the molecule is O=c1[nH]c2cccc(N3CCN(Cc4cccc(-c5cccc(O)c5)c4)CC3)c2o1. The first kappa shape index (κ1) is 18.5. The van der Waals surface area contributed by atoms with Crippen LogP contribution in [0.2, 0.25) is 0 Å². The fourth-order valence-corrected chi connectivity index (χ4v) is 4.15. The van der Waals surface area contributed by atoms with Crippen LogP contribution in [0.3, 0.4) is 0 Å². The maximum atomic E-state index is 11.6. The number of nitrogens with zero attached hydrogens (tertiary/aromatic N) is 2. The maximum absolute atomic E-state index is 11.6. The summed E-state index contributed by atoms with van der Waals surface area (Å²) in [5.74, 6) is -0.134. The summed E-state index contributed by atoms with van der Waals surface area (Å²) in [6.45, 7) is 4.49. The Labute approximate surface area is 174 Å². The Bertz CT molecular complexity index is 1240. The van der Waals surface area contributed by atoms with Crippen molar-refractivity contribution in [1.29, 1.82) is 0 Å². The molecule has 0 bridgehead atoms. The summed E-state index contributed by atoms with van der Waals surface area (Å²) >= 11 is 0. The van der Waals surface area contributed by atoms with Gasteiger partial charge in [0.25, 0.3) is 0 Å². The van der Waals surface area contributed by atoms with Crippen molar-refractivity contribution in [3.05, 3.63) is 82.8 Å². The molecule has 4 aromatic rings. The molecular formula is C24H23N3O3. The molecule has 5 rings (SSSR count). The number of rotatable bonds is 4. The number of phenolic OH excluding ortho intramolecular Hbond substituents is 1. The molecule has 0 unspecified atom stereocenters. The third-order valence-electron chi connectivity index (χ3n) is 5.65. The van der Waals surface area contributed by atoms with E-state index in [1.54, 1.807) is 12.1 Å². The summed E-state index contributed by atoms with van der Waals surface area (Å²) in [6, 6.07) is 21.6. The number of benzene rings is 3. The molecule has 1 aliphatic heterocycles. The molecular weight excluding hydrogens is 378 g/mol. The predicted octanol–water partition coefficient (Wildman–Crippen LogP) is 3.82. The highest BCUT2D eigenvalue weighted by molar-refractivity contribution is 5.86. The Kier molecular flexibility index (Phi) is 4.77. The summed E-state index contributed by atoms with van der Waals surface area (Å²) < 4.78 is 5.35. The van der Waals surface area contributed by atoms with Crippen LogP contribution >= 0.6 is 0 Å². The third kappa shape index (κ3) is 3.69. The number of oxazole rings is 1. The zero-order chi connectivity index (χ0) is 20.5. The molecule has 1 aliphatic rings. The van der Waals surface area contributed by atoms with Gasteiger partial charge in [0.2, 0.25) is 0 Å². The Hall–Kier alpha value is -3.51. The molecule has 1 fully saturated rings. The topological polar surface area (TPSA) is 72.7 Å². The third-order valence-corrected chi connectivity index (χ3v) is 5.65. The summed E-state index contributed by atoms with van der Waals surface area (Å²) in [6.07, 6.45) is 0. The highest BCUT2D eigenvalue weighted by atomic mass is 16.4. The van der Waals surface area contributed by atoms with Crippen LogP contribution in [0.4, 0.5) is 5.69 Å². The van der Waals surface area contributed by atoms with E-state index in [0.717, 1.165) is 55.1 Å². The monoisotopic (exact) mass is 401 g/mol. The lowest BCUT2D eigenvalue weighted by Crippen LogP contribution is -2.46. The van der Waals surface area contributed by atoms with Gasteiger partial charge in [-0.25, -0.2) is 4.79 Å². The largest absolute Gasteiger partial charge is 0.508 e. The first-order valence-corrected chi connectivity index (χ1v) is 10.1. The van der Waals surface area contributed by atoms with Crippen LogP contribution in [-0.2, 0) is 6.54 Å². The summed E-state index contributed by atoms with van der Waals surface area (Å²) in [4.78, 5) is 19.0. The normalized spacial score (nSPS) is 15.0. The zero-order valence-corrected chi connectivity index (χ0v) is 16.5. The van der Waals surface area contributed by atoms with E-state index in [-0.39, 0.29) is 5.75 Å². The molecule has 1 aromatic heterocycles. The number of nitrogens with one attached hydrogen (secondary N) is 1. The van der Waals surface area contributed by atoms with Crippen molar-refractivity contribution in [2.45, 2.75) is 6.54 Å². The predicted molar refractivity (Wildman–Crippen MR) is 118 cm³/mol. The number of piperazine rings is 1. The molecule has 0 aliphatic carbocycles. The molecule has 152 valence electrons. The minimum atomic E-state index is -0.414. The number of aromatic hydroxyl groups is 1. The van der Waals surface area contributed by atoms with E-state index < -0.39 is 5.76 Å². The van der Waals surface area contributed by atoms with E-state index in [9.17, 15) is 9.90 Å². The fourth-order valence-electron chi connectivity index (χ4n) is 4.15. The van der Waals surface area contributed by atoms with E-state index in [1.165, 1.54) is 5.56 Å². The second-order valence-corrected chi connectivity index (χ2v) is 7.68. The molecule has 1 saturated heterocycles. The van der Waals surface area contributed by atoms with Crippen molar-refractivity contribution >= 4 is 16.8 Å². The molecule has 0 amide bonds. The van der Waals surface area contributed by atoms with E-state index >= 15 is 0 Å². The van der Waals surface area contributed by atoms with E-state index in [4.69, 9.17) is 4.42 Å². The molecule has 2 heterocycles. The average molecular weight is 401 g/mol. The van der Waals surface area contributed by atoms with E-state index in [1.807, 2.05) is 30.3 Å². The number of phenols is 1. The Balaban J connectivity index is 1.27. The minimum absolute atomic E-state index is 0.280. The number of H-pyrrole nitrogens is 1. The van der Waals surface area contributed by atoms with Crippen molar-refractivity contribution < 1.29 is 9.52 Å². The highest BCUT2D eigenvalue weighted by Gasteiger charge is 2.20. The number of fused-ring (bicyclic) bond motifs is 1. The number of aromatic amines is 1. The molecule has 3 aromatic carbocycles. The molecule has 30 heavy (non-hydrogen) atoms. The first-order valence-electron chi connectivity index (χ1n) is 10.1. The molecule has 6 heteroatoms. The fraction of sp³-hybridized carbons (Fsp3) is 0.208. The maximum Gasteiger partial charge on any atom is 0.417 e. The number of hydrogen-bond acceptors (Lipinski definition) is 5. The summed E-state index contributed by atoms with van der Waals surface area (Å²) in [7, 11) is 0. The smallest absolute Gasteiger partial charge is 0.417 e. The quantitative estimate of drug-likeness (QED) is 0.544. The van der Waals surface area contributed by atoms with E-state index in [0.29, 0.717) is 5.58 Å². The van der Waals surface area contributed by atoms with Crippen molar-refractivity contribution in [2.24, 2.45) is 0 Å². The number of para-hydroxylation sites is 1. The van der Waals surface area contributed by atoms with Crippen LogP contribution < -0.4 is 10.7 Å². The number of hydrogen-bond donors (Lipinski definition) is 2. The molecule has 6 nitrogen and oxygen atoms in total. The van der Waals surface area contributed by atoms with Crippen LogP contribution in [0.5, 0.6) is 5.75 Å². The van der Waals surface area contributed by atoms with Gasteiger partial charge >= 0.3 is 5.76 Å². The molecule has 0 saturated carbocycles. The van der Waals surface area contributed by atoms with E-state index in [2.05, 4.69) is 39.0 Å². The van der Waals surface area contributed by atoms with Gasteiger partial charge in [0, 0.05) is 32.7 Å². The van der Waals surface area contributed by atoms with Gasteiger partial charge in [0.1, 0.15) is 5.75 Å². The second-order valence-electron chi connectivity index (χ2n) is 7.68. The molecule has 0 spiro atoms. The molecule has 0 atom stereocenters. The second kappa shape index (κ2) is 7.72. The van der Waals surface area contributed by atoms with Gasteiger partial charge in [-0.05, 0) is 47.0 Å². The Morgan fingerprint density at radius 2 is 1.63 bits per heavy atom. The van der Waals surface area contributed by atoms with Gasteiger partial charge in [-0.1, -0.05) is 36.4 Å². The summed E-state index contributed by atoms with van der Waals surface area (Å²) in [5.41, 5.74) is 5.72. The standard InChI is InChI=1S/C24H23N3O3/c28-20-7-2-6-19(15-20)18-5-1-4-17(14-18)16-26-10-12-27(13-11-26)22-9-3-8-21-23(22)30-24(29)25-21/h1-9,14-15,28H,10-13,16H2,(H,25,29). The van der Waals surface area contributed by atoms with Crippen LogP contribution in [0.25, 0.3) is 22.2 Å². The highest BCUT2D eigenvalue weighted by Crippen LogP contribution is 2.27. The van der Waals surface area contributed by atoms with Crippen molar-refractivity contribution in [1.82, 2.24) is 9.88 Å². The van der Waals surface area contributed by atoms with Gasteiger partial charge in [-0.15, -0.1) is 0 Å². The zero-order valence-electron chi connectivity index (χ0n) is 16.5. The summed E-state index contributed by atoms with van der Waals surface area (Å²) in [5, 5.41) is 9.75. The molecule has 0 radical (unpaired) electrons. The van der Waals surface area contributed by atoms with Crippen molar-refractivity contribution in [3.63, 3.8) is 0 Å². The van der Waals surface area contributed by atoms with Gasteiger partial charge in [-0.3, -0.25) is 9.88 Å². The minimum Gasteiger partial charge on any atom is -0.508 e. The first-order chi connectivity index (χ1) is 14.7. The van der Waals surface area contributed by atoms with Gasteiger partial charge < -0.3 is 14.4 Å². The van der Waals surface area contributed by atoms with Gasteiger partial charge in [-0.2, -0.15) is 0 Å². The lowest BCUT2D eigenvalue weighted by atomic mass is 10.0. The Morgan fingerprint density at radius 1 is 0.900 bits per heavy atom. The van der Waals surface area contributed by atoms with Crippen LogP contribution in [0.15, 0.2) is 75.9 Å². The average Bonchev–Trinajstić information content (AvgIpc) is 3.15. The van der Waals surface area contributed by atoms with Crippen LogP contribution in [-0.4, -0.2) is 41.2 Å². The lowest BCUT2D eigenvalue weighted by Gasteiger charge is -2.36. The van der Waals surface area contributed by atoms with Crippen molar-refractivity contribution in [2.75, 3.05) is 31.1 Å². The van der Waals surface area contributed by atoms with Gasteiger partial charge in [0.15, 0.2) is 5.58 Å². The van der Waals surface area contributed by atoms with Crippen LogP contribution in [0, 0.1) is 0 Å². The van der Waals surface area contributed by atoms with Crippen molar-refractivity contribution in [3.8, 4) is 16.9 Å². The number of aromatic nitrogens is 1. The van der Waals surface area contributed by atoms with Gasteiger partial charge in [0.05, 0.1) is 11.2 Å². The Morgan fingerprint density at radius 3 is 2.43 bits per heavy atom.